The van der Waals surface area contributed by atoms with Gasteiger partial charge in [-0.3, -0.25) is 19.3 Å². The number of benzene rings is 2. The number of imide groups is 1. The zero-order valence-electron chi connectivity index (χ0n) is 19.7. The highest BCUT2D eigenvalue weighted by Crippen LogP contribution is 2.42. The van der Waals surface area contributed by atoms with Crippen LogP contribution in [-0.2, 0) is 9.53 Å². The smallest absolute Gasteiger partial charge is 0.329 e. The van der Waals surface area contributed by atoms with E-state index in [1.54, 1.807) is 6.92 Å². The number of nitrogens with zero attached hydrogens (tertiary/aromatic N) is 2. The Hall–Kier alpha value is -3.34. The van der Waals surface area contributed by atoms with Gasteiger partial charge in [-0.2, -0.15) is 0 Å². The van der Waals surface area contributed by atoms with Gasteiger partial charge >= 0.3 is 5.97 Å². The molecular weight excluding hydrogens is 456 g/mol. The van der Waals surface area contributed by atoms with Gasteiger partial charge in [0.25, 0.3) is 17.7 Å². The molecule has 0 aromatic heterocycles. The Morgan fingerprint density at radius 3 is 2.00 bits per heavy atom. The SMILES string of the molecule is CCOC(=O)C(CC(C)C)N1C(=O)c2ccc3c4c(ccc(c24)C1=O)C(O)N(C(CO)CO)C3=O. The molecule has 0 bridgehead atoms. The summed E-state index contributed by atoms with van der Waals surface area (Å²) < 4.78 is 5.16. The third-order valence-corrected chi connectivity index (χ3v) is 6.48. The maximum Gasteiger partial charge on any atom is 0.329 e. The monoisotopic (exact) mass is 484 g/mol. The van der Waals surface area contributed by atoms with Gasteiger partial charge < -0.3 is 25.0 Å². The van der Waals surface area contributed by atoms with E-state index in [0.29, 0.717) is 0 Å². The third kappa shape index (κ3) is 3.78. The fraction of sp³-hybridized carbons (Fsp3) is 0.440. The fourth-order valence-electron chi connectivity index (χ4n) is 4.90. The molecule has 0 saturated heterocycles. The van der Waals surface area contributed by atoms with Crippen LogP contribution in [0, 0.1) is 5.92 Å². The van der Waals surface area contributed by atoms with Crippen LogP contribution in [0.3, 0.4) is 0 Å². The van der Waals surface area contributed by atoms with Crippen molar-refractivity contribution in [1.29, 1.82) is 0 Å². The van der Waals surface area contributed by atoms with Crippen molar-refractivity contribution in [3.05, 3.63) is 46.5 Å². The van der Waals surface area contributed by atoms with E-state index in [0.717, 1.165) is 9.80 Å². The minimum atomic E-state index is -1.50. The molecule has 2 heterocycles. The van der Waals surface area contributed by atoms with Gasteiger partial charge in [0.15, 0.2) is 6.23 Å². The zero-order valence-corrected chi connectivity index (χ0v) is 19.7. The lowest BCUT2D eigenvalue weighted by Crippen LogP contribution is -2.52. The Bertz CT molecular complexity index is 1200. The van der Waals surface area contributed by atoms with Crippen LogP contribution in [0.25, 0.3) is 10.8 Å². The molecule has 35 heavy (non-hydrogen) atoms. The summed E-state index contributed by atoms with van der Waals surface area (Å²) in [6.07, 6.45) is -1.28. The Kier molecular flexibility index (Phi) is 6.63. The van der Waals surface area contributed by atoms with Crippen LogP contribution >= 0.6 is 0 Å². The first-order chi connectivity index (χ1) is 16.7. The molecular formula is C25H28N2O8. The molecule has 186 valence electrons. The van der Waals surface area contributed by atoms with Crippen LogP contribution in [0.2, 0.25) is 0 Å². The quantitative estimate of drug-likeness (QED) is 0.375. The van der Waals surface area contributed by atoms with Gasteiger partial charge in [0.1, 0.15) is 6.04 Å². The molecule has 2 aliphatic heterocycles. The minimum Gasteiger partial charge on any atom is -0.464 e. The van der Waals surface area contributed by atoms with E-state index in [1.807, 2.05) is 13.8 Å². The second-order valence-electron chi connectivity index (χ2n) is 9.10. The first-order valence-corrected chi connectivity index (χ1v) is 11.5. The van der Waals surface area contributed by atoms with Crippen molar-refractivity contribution >= 4 is 34.5 Å². The van der Waals surface area contributed by atoms with Crippen molar-refractivity contribution in [2.75, 3.05) is 19.8 Å². The number of carbonyl (C=O) groups excluding carboxylic acids is 4. The van der Waals surface area contributed by atoms with Crippen LogP contribution in [0.15, 0.2) is 24.3 Å². The van der Waals surface area contributed by atoms with Crippen LogP contribution in [0.5, 0.6) is 0 Å². The Morgan fingerprint density at radius 1 is 0.943 bits per heavy atom. The molecule has 0 fully saturated rings. The largest absolute Gasteiger partial charge is 0.464 e. The summed E-state index contributed by atoms with van der Waals surface area (Å²) in [6, 6.07) is 3.63. The van der Waals surface area contributed by atoms with E-state index in [9.17, 15) is 34.5 Å². The lowest BCUT2D eigenvalue weighted by Gasteiger charge is -2.39. The topological polar surface area (TPSA) is 145 Å². The second kappa shape index (κ2) is 9.37. The number of hydrogen-bond donors (Lipinski definition) is 3. The average Bonchev–Trinajstić information content (AvgIpc) is 2.83. The Morgan fingerprint density at radius 2 is 1.49 bits per heavy atom. The molecule has 2 atom stereocenters. The molecule has 2 aromatic rings. The highest BCUT2D eigenvalue weighted by atomic mass is 16.5. The molecule has 0 aliphatic carbocycles. The highest BCUT2D eigenvalue weighted by Gasteiger charge is 2.44. The van der Waals surface area contributed by atoms with E-state index in [-0.39, 0.29) is 52.0 Å². The van der Waals surface area contributed by atoms with Crippen molar-refractivity contribution in [3.8, 4) is 0 Å². The maximum absolute atomic E-state index is 13.6. The van der Waals surface area contributed by atoms with E-state index >= 15 is 0 Å². The summed E-state index contributed by atoms with van der Waals surface area (Å²) >= 11 is 0. The van der Waals surface area contributed by atoms with Gasteiger partial charge in [-0.25, -0.2) is 4.79 Å². The van der Waals surface area contributed by atoms with E-state index in [2.05, 4.69) is 0 Å². The normalized spacial score (nSPS) is 18.2. The molecule has 0 saturated carbocycles. The fourth-order valence-corrected chi connectivity index (χ4v) is 4.90. The first kappa shape index (κ1) is 24.8. The van der Waals surface area contributed by atoms with E-state index in [1.165, 1.54) is 24.3 Å². The van der Waals surface area contributed by atoms with Gasteiger partial charge in [0.2, 0.25) is 0 Å². The summed E-state index contributed by atoms with van der Waals surface area (Å²) in [7, 11) is 0. The number of aliphatic hydroxyl groups excluding tert-OH is 3. The molecule has 0 spiro atoms. The molecule has 4 rings (SSSR count). The second-order valence-corrected chi connectivity index (χ2v) is 9.10. The standard InChI is InChI=1S/C25H28N2O8/c1-4-35-25(34)18(9-12(2)3)27-23(32)16-7-5-14-19-15(6-8-17(20(16)19)24(27)33)22(31)26(21(14)30)13(10-28)11-29/h5-8,12-13,18,21,28-30H,4,9-11H2,1-3H3. The minimum absolute atomic E-state index is 0.00785. The van der Waals surface area contributed by atoms with Crippen LogP contribution in [0.1, 0.15) is 70.1 Å². The Balaban J connectivity index is 1.89. The first-order valence-electron chi connectivity index (χ1n) is 11.5. The molecule has 2 aliphatic rings. The maximum atomic E-state index is 13.6. The van der Waals surface area contributed by atoms with Crippen molar-refractivity contribution in [3.63, 3.8) is 0 Å². The van der Waals surface area contributed by atoms with Crippen molar-refractivity contribution in [2.24, 2.45) is 5.92 Å². The van der Waals surface area contributed by atoms with E-state index < -0.39 is 55.2 Å². The molecule has 10 heteroatoms. The lowest BCUT2D eigenvalue weighted by molar-refractivity contribution is -0.148. The van der Waals surface area contributed by atoms with Crippen molar-refractivity contribution < 1.29 is 39.2 Å². The molecule has 2 aromatic carbocycles. The zero-order chi connectivity index (χ0) is 25.6. The summed E-state index contributed by atoms with van der Waals surface area (Å²) in [5, 5.41) is 30.6. The summed E-state index contributed by atoms with van der Waals surface area (Å²) in [6.45, 7) is 4.35. The number of aliphatic hydroxyl groups is 3. The van der Waals surface area contributed by atoms with Gasteiger partial charge in [-0.1, -0.05) is 19.9 Å². The summed E-state index contributed by atoms with van der Waals surface area (Å²) in [5.41, 5.74) is 0.668. The predicted octanol–water partition coefficient (Wildman–Crippen LogP) is 1.21. The number of esters is 1. The molecule has 3 N–H and O–H groups in total. The van der Waals surface area contributed by atoms with Gasteiger partial charge in [0, 0.05) is 33.0 Å². The lowest BCUT2D eigenvalue weighted by atomic mass is 9.84. The molecule has 10 nitrogen and oxygen atoms in total. The van der Waals surface area contributed by atoms with Gasteiger partial charge in [0.05, 0.1) is 25.9 Å². The number of rotatable bonds is 8. The predicted molar refractivity (Wildman–Crippen MR) is 123 cm³/mol. The average molecular weight is 485 g/mol. The number of carbonyl (C=O) groups is 4. The van der Waals surface area contributed by atoms with Crippen molar-refractivity contribution in [1.82, 2.24) is 9.80 Å². The molecule has 0 radical (unpaired) electrons. The summed E-state index contributed by atoms with van der Waals surface area (Å²) in [5.74, 6) is -2.69. The highest BCUT2D eigenvalue weighted by molar-refractivity contribution is 6.29. The third-order valence-electron chi connectivity index (χ3n) is 6.48. The molecule has 3 amide bonds. The number of ether oxygens (including phenoxy) is 1. The van der Waals surface area contributed by atoms with E-state index in [4.69, 9.17) is 4.74 Å². The van der Waals surface area contributed by atoms with Gasteiger partial charge in [-0.15, -0.1) is 0 Å². The van der Waals surface area contributed by atoms with Crippen molar-refractivity contribution in [2.45, 2.75) is 45.5 Å². The summed E-state index contributed by atoms with van der Waals surface area (Å²) in [4.78, 5) is 55.0. The number of hydrogen-bond acceptors (Lipinski definition) is 8. The Labute approximate surface area is 201 Å². The number of amides is 3. The van der Waals surface area contributed by atoms with Crippen LogP contribution in [-0.4, -0.2) is 80.7 Å². The van der Waals surface area contributed by atoms with Gasteiger partial charge in [-0.05, 0) is 37.5 Å². The molecule has 2 unspecified atom stereocenters. The van der Waals surface area contributed by atoms with Crippen LogP contribution < -0.4 is 0 Å². The van der Waals surface area contributed by atoms with Crippen LogP contribution in [0.4, 0.5) is 0 Å².